The topological polar surface area (TPSA) is 71.0 Å². The highest BCUT2D eigenvalue weighted by molar-refractivity contribution is 5.95. The van der Waals surface area contributed by atoms with Gasteiger partial charge < -0.3 is 24.8 Å². The second kappa shape index (κ2) is 8.39. The standard InChI is InChI=1S/C22H25FN2O4/c1-28-5-6-29-19-9-15(8-18(26)10-19)22(27)25-13-16-11-24-12-20(16)21(25)14-3-2-4-17(23)7-14/h2-4,7-10,16,20-21,24,26H,5-6,11-13H2,1H3/t16-,20-,21+/m0/s1. The summed E-state index contributed by atoms with van der Waals surface area (Å²) in [6.45, 7) is 2.95. The molecule has 29 heavy (non-hydrogen) atoms. The van der Waals surface area contributed by atoms with E-state index in [0.29, 0.717) is 37.0 Å². The lowest BCUT2D eigenvalue weighted by molar-refractivity contribution is 0.0712. The van der Waals surface area contributed by atoms with E-state index in [1.165, 1.54) is 24.3 Å². The number of nitrogens with one attached hydrogen (secondary N) is 1. The van der Waals surface area contributed by atoms with Crippen molar-refractivity contribution in [2.24, 2.45) is 11.8 Å². The highest BCUT2D eigenvalue weighted by Crippen LogP contribution is 2.43. The molecule has 2 fully saturated rings. The molecule has 3 atom stereocenters. The van der Waals surface area contributed by atoms with Gasteiger partial charge in [-0.05, 0) is 35.7 Å². The molecule has 2 aromatic rings. The monoisotopic (exact) mass is 400 g/mol. The number of likely N-dealkylation sites (tertiary alicyclic amines) is 1. The van der Waals surface area contributed by atoms with Crippen LogP contribution in [0.2, 0.25) is 0 Å². The van der Waals surface area contributed by atoms with Gasteiger partial charge in [-0.3, -0.25) is 4.79 Å². The summed E-state index contributed by atoms with van der Waals surface area (Å²) < 4.78 is 24.4. The maximum atomic E-state index is 13.9. The fourth-order valence-corrected chi connectivity index (χ4v) is 4.45. The molecule has 0 aliphatic carbocycles. The molecular formula is C22H25FN2O4. The second-order valence-electron chi connectivity index (χ2n) is 7.60. The van der Waals surface area contributed by atoms with E-state index in [1.807, 2.05) is 6.07 Å². The van der Waals surface area contributed by atoms with Crippen LogP contribution >= 0.6 is 0 Å². The molecule has 0 saturated carbocycles. The Labute approximate surface area is 169 Å². The van der Waals surface area contributed by atoms with E-state index < -0.39 is 0 Å². The Bertz CT molecular complexity index is 891. The Hall–Kier alpha value is -2.64. The molecule has 2 aromatic carbocycles. The molecule has 7 heteroatoms. The van der Waals surface area contributed by atoms with E-state index in [4.69, 9.17) is 9.47 Å². The maximum Gasteiger partial charge on any atom is 0.254 e. The third-order valence-electron chi connectivity index (χ3n) is 5.71. The summed E-state index contributed by atoms with van der Waals surface area (Å²) in [7, 11) is 1.58. The molecule has 2 aliphatic heterocycles. The van der Waals surface area contributed by atoms with Crippen molar-refractivity contribution in [1.82, 2.24) is 10.2 Å². The molecule has 2 heterocycles. The molecule has 0 aromatic heterocycles. The van der Waals surface area contributed by atoms with Crippen LogP contribution in [0.15, 0.2) is 42.5 Å². The van der Waals surface area contributed by atoms with Crippen molar-refractivity contribution in [2.45, 2.75) is 6.04 Å². The second-order valence-corrected chi connectivity index (χ2v) is 7.60. The predicted octanol–water partition coefficient (Wildman–Crippen LogP) is 2.59. The van der Waals surface area contributed by atoms with Gasteiger partial charge in [0.1, 0.15) is 23.9 Å². The van der Waals surface area contributed by atoms with Crippen LogP contribution in [-0.4, -0.2) is 55.9 Å². The van der Waals surface area contributed by atoms with Gasteiger partial charge in [-0.25, -0.2) is 4.39 Å². The van der Waals surface area contributed by atoms with Crippen LogP contribution in [0, 0.1) is 17.7 Å². The van der Waals surface area contributed by atoms with Crippen LogP contribution < -0.4 is 10.1 Å². The van der Waals surface area contributed by atoms with E-state index in [-0.39, 0.29) is 29.4 Å². The highest BCUT2D eigenvalue weighted by Gasteiger charge is 2.47. The van der Waals surface area contributed by atoms with E-state index in [9.17, 15) is 14.3 Å². The Morgan fingerprint density at radius 3 is 2.90 bits per heavy atom. The zero-order valence-electron chi connectivity index (χ0n) is 16.3. The highest BCUT2D eigenvalue weighted by atomic mass is 19.1. The van der Waals surface area contributed by atoms with Gasteiger partial charge in [0, 0.05) is 44.3 Å². The Morgan fingerprint density at radius 2 is 2.10 bits per heavy atom. The zero-order chi connectivity index (χ0) is 20.4. The van der Waals surface area contributed by atoms with Crippen LogP contribution in [-0.2, 0) is 4.74 Å². The first-order valence-electron chi connectivity index (χ1n) is 9.80. The van der Waals surface area contributed by atoms with Crippen LogP contribution in [0.25, 0.3) is 0 Å². The summed E-state index contributed by atoms with van der Waals surface area (Å²) in [6, 6.07) is 10.8. The SMILES string of the molecule is COCCOc1cc(O)cc(C(=O)N2C[C@@H]3CNC[C@@H]3[C@H]2c2cccc(F)c2)c1. The molecule has 2 saturated heterocycles. The number of phenolic OH excluding ortho intramolecular Hbond substituents is 1. The summed E-state index contributed by atoms with van der Waals surface area (Å²) in [5.41, 5.74) is 1.15. The number of phenols is 1. The molecule has 0 radical (unpaired) electrons. The Balaban J connectivity index is 1.63. The van der Waals surface area contributed by atoms with Crippen LogP contribution in [0.3, 0.4) is 0 Å². The van der Waals surface area contributed by atoms with Crippen molar-refractivity contribution in [3.05, 3.63) is 59.4 Å². The van der Waals surface area contributed by atoms with E-state index >= 15 is 0 Å². The number of halogens is 1. The first-order valence-corrected chi connectivity index (χ1v) is 9.80. The normalized spacial score (nSPS) is 23.2. The Morgan fingerprint density at radius 1 is 1.24 bits per heavy atom. The van der Waals surface area contributed by atoms with E-state index in [1.54, 1.807) is 24.1 Å². The smallest absolute Gasteiger partial charge is 0.254 e. The van der Waals surface area contributed by atoms with Gasteiger partial charge in [0.25, 0.3) is 5.91 Å². The maximum absolute atomic E-state index is 13.9. The van der Waals surface area contributed by atoms with E-state index in [2.05, 4.69) is 5.32 Å². The zero-order valence-corrected chi connectivity index (χ0v) is 16.3. The van der Waals surface area contributed by atoms with Crippen LogP contribution in [0.1, 0.15) is 22.0 Å². The van der Waals surface area contributed by atoms with Gasteiger partial charge in [-0.1, -0.05) is 12.1 Å². The number of ether oxygens (including phenoxy) is 2. The number of amides is 1. The van der Waals surface area contributed by atoms with Gasteiger partial charge in [0.05, 0.1) is 12.6 Å². The van der Waals surface area contributed by atoms with Crippen molar-refractivity contribution >= 4 is 5.91 Å². The number of nitrogens with zero attached hydrogens (tertiary/aromatic N) is 1. The number of fused-ring (bicyclic) bond motifs is 1. The van der Waals surface area contributed by atoms with Gasteiger partial charge in [0.15, 0.2) is 0 Å². The molecular weight excluding hydrogens is 375 g/mol. The number of aromatic hydroxyl groups is 1. The molecule has 1 amide bonds. The number of carbonyl (C=O) groups is 1. The van der Waals surface area contributed by atoms with Crippen molar-refractivity contribution in [3.8, 4) is 11.5 Å². The van der Waals surface area contributed by atoms with Crippen molar-refractivity contribution in [2.75, 3.05) is 40.0 Å². The number of carbonyl (C=O) groups excluding carboxylic acids is 1. The van der Waals surface area contributed by atoms with Crippen LogP contribution in [0.4, 0.5) is 4.39 Å². The quantitative estimate of drug-likeness (QED) is 0.730. The molecule has 0 bridgehead atoms. The van der Waals surface area contributed by atoms with Gasteiger partial charge >= 0.3 is 0 Å². The summed E-state index contributed by atoms with van der Waals surface area (Å²) in [5, 5.41) is 13.5. The first kappa shape index (κ1) is 19.7. The minimum atomic E-state index is -0.310. The molecule has 154 valence electrons. The Kier molecular flexibility index (Phi) is 5.69. The minimum absolute atomic E-state index is 0.0355. The molecule has 6 nitrogen and oxygen atoms in total. The molecule has 0 spiro atoms. The molecule has 2 aliphatic rings. The third-order valence-corrected chi connectivity index (χ3v) is 5.71. The summed E-state index contributed by atoms with van der Waals surface area (Å²) >= 11 is 0. The van der Waals surface area contributed by atoms with Crippen molar-refractivity contribution in [3.63, 3.8) is 0 Å². The lowest BCUT2D eigenvalue weighted by atomic mass is 9.89. The number of rotatable bonds is 6. The first-order chi connectivity index (χ1) is 14.1. The third kappa shape index (κ3) is 4.06. The number of hydrogen-bond donors (Lipinski definition) is 2. The number of hydrogen-bond acceptors (Lipinski definition) is 5. The molecule has 2 N–H and O–H groups in total. The lowest BCUT2D eigenvalue weighted by Gasteiger charge is -2.28. The number of benzene rings is 2. The fraction of sp³-hybridized carbons (Fsp3) is 0.409. The van der Waals surface area contributed by atoms with Crippen LogP contribution in [0.5, 0.6) is 11.5 Å². The fourth-order valence-electron chi connectivity index (χ4n) is 4.45. The van der Waals surface area contributed by atoms with Crippen molar-refractivity contribution < 1.29 is 23.8 Å². The minimum Gasteiger partial charge on any atom is -0.508 e. The van der Waals surface area contributed by atoms with Crippen molar-refractivity contribution in [1.29, 1.82) is 0 Å². The van der Waals surface area contributed by atoms with E-state index in [0.717, 1.165) is 18.7 Å². The molecule has 4 rings (SSSR count). The number of methoxy groups -OCH3 is 1. The predicted molar refractivity (Wildman–Crippen MR) is 106 cm³/mol. The average molecular weight is 400 g/mol. The summed E-state index contributed by atoms with van der Waals surface area (Å²) in [6.07, 6.45) is 0. The lowest BCUT2D eigenvalue weighted by Crippen LogP contribution is -2.34. The van der Waals surface area contributed by atoms with Gasteiger partial charge in [0.2, 0.25) is 0 Å². The summed E-state index contributed by atoms with van der Waals surface area (Å²) in [5.74, 6) is 0.425. The molecule has 0 unspecified atom stereocenters. The van der Waals surface area contributed by atoms with Gasteiger partial charge in [-0.15, -0.1) is 0 Å². The largest absolute Gasteiger partial charge is 0.508 e. The summed E-state index contributed by atoms with van der Waals surface area (Å²) in [4.78, 5) is 15.2. The average Bonchev–Trinajstić information content (AvgIpc) is 3.28. The van der Waals surface area contributed by atoms with Gasteiger partial charge in [-0.2, -0.15) is 0 Å².